The summed E-state index contributed by atoms with van der Waals surface area (Å²) in [6, 6.07) is 4.42. The van der Waals surface area contributed by atoms with Gasteiger partial charge in [-0.25, -0.2) is 0 Å². The van der Waals surface area contributed by atoms with E-state index >= 15 is 0 Å². The van der Waals surface area contributed by atoms with E-state index in [-0.39, 0.29) is 17.8 Å². The van der Waals surface area contributed by atoms with Crippen LogP contribution in [0.3, 0.4) is 0 Å². The molecule has 0 radical (unpaired) electrons. The number of rotatable bonds is 4. The number of ketones is 1. The molecule has 0 spiro atoms. The normalized spacial score (nSPS) is 9.76. The lowest BCUT2D eigenvalue weighted by Crippen LogP contribution is -2.22. The molecule has 1 rings (SSSR count). The molecule has 0 aliphatic carbocycles. The fourth-order valence-electron chi connectivity index (χ4n) is 1.31. The van der Waals surface area contributed by atoms with Gasteiger partial charge < -0.3 is 5.32 Å². The van der Waals surface area contributed by atoms with Crippen molar-refractivity contribution in [3.05, 3.63) is 33.9 Å². The van der Waals surface area contributed by atoms with Gasteiger partial charge in [-0.05, 0) is 12.5 Å². The smallest absolute Gasteiger partial charge is 0.293 e. The van der Waals surface area contributed by atoms with Gasteiger partial charge in [0.25, 0.3) is 11.6 Å². The first-order chi connectivity index (χ1) is 7.97. The van der Waals surface area contributed by atoms with E-state index in [1.165, 1.54) is 12.1 Å². The molecule has 1 aromatic rings. The van der Waals surface area contributed by atoms with E-state index in [0.29, 0.717) is 5.56 Å². The highest BCUT2D eigenvalue weighted by atomic mass is 16.6. The molecule has 0 unspecified atom stereocenters. The zero-order valence-corrected chi connectivity index (χ0v) is 9.52. The predicted octanol–water partition coefficient (Wildman–Crippen LogP) is 1.82. The summed E-state index contributed by atoms with van der Waals surface area (Å²) >= 11 is 0. The SMILES string of the molecule is CCC(=O)C(=O)Nc1c(C)cccc1[N+](=O)[O-]. The average Bonchev–Trinajstić information content (AvgIpc) is 2.30. The topological polar surface area (TPSA) is 89.3 Å². The number of nitrogens with one attached hydrogen (secondary N) is 1. The monoisotopic (exact) mass is 236 g/mol. The number of nitro benzene ring substituents is 1. The predicted molar refractivity (Wildman–Crippen MR) is 61.8 cm³/mol. The third-order valence-electron chi connectivity index (χ3n) is 2.26. The number of hydrogen-bond acceptors (Lipinski definition) is 4. The maximum atomic E-state index is 11.4. The minimum Gasteiger partial charge on any atom is -0.313 e. The number of para-hydroxylation sites is 1. The van der Waals surface area contributed by atoms with Gasteiger partial charge in [0, 0.05) is 12.5 Å². The third kappa shape index (κ3) is 2.87. The van der Waals surface area contributed by atoms with Crippen LogP contribution in [0.5, 0.6) is 0 Å². The minimum atomic E-state index is -0.829. The third-order valence-corrected chi connectivity index (χ3v) is 2.26. The van der Waals surface area contributed by atoms with Crippen molar-refractivity contribution in [1.29, 1.82) is 0 Å². The number of benzene rings is 1. The molecule has 0 aliphatic heterocycles. The maximum Gasteiger partial charge on any atom is 0.293 e. The molecule has 1 amide bonds. The largest absolute Gasteiger partial charge is 0.313 e. The fraction of sp³-hybridized carbons (Fsp3) is 0.273. The number of carbonyl (C=O) groups is 2. The summed E-state index contributed by atoms with van der Waals surface area (Å²) in [5, 5.41) is 13.0. The first kappa shape index (κ1) is 12.8. The van der Waals surface area contributed by atoms with E-state index in [1.54, 1.807) is 19.9 Å². The van der Waals surface area contributed by atoms with Gasteiger partial charge in [-0.2, -0.15) is 0 Å². The van der Waals surface area contributed by atoms with Crippen LogP contribution in [0.2, 0.25) is 0 Å². The van der Waals surface area contributed by atoms with Gasteiger partial charge in [0.15, 0.2) is 0 Å². The Morgan fingerprint density at radius 3 is 2.59 bits per heavy atom. The van der Waals surface area contributed by atoms with Crippen molar-refractivity contribution in [3.63, 3.8) is 0 Å². The lowest BCUT2D eigenvalue weighted by atomic mass is 10.1. The molecule has 0 saturated heterocycles. The van der Waals surface area contributed by atoms with Crippen molar-refractivity contribution in [2.24, 2.45) is 0 Å². The standard InChI is InChI=1S/C11H12N2O4/c1-3-9(14)11(15)12-10-7(2)5-4-6-8(10)13(16)17/h4-6H,3H2,1-2H3,(H,12,15). The van der Waals surface area contributed by atoms with Gasteiger partial charge in [0.2, 0.25) is 5.78 Å². The molecule has 90 valence electrons. The van der Waals surface area contributed by atoms with Gasteiger partial charge >= 0.3 is 0 Å². The summed E-state index contributed by atoms with van der Waals surface area (Å²) in [7, 11) is 0. The van der Waals surface area contributed by atoms with Gasteiger partial charge in [0.05, 0.1) is 4.92 Å². The highest BCUT2D eigenvalue weighted by Gasteiger charge is 2.20. The summed E-state index contributed by atoms with van der Waals surface area (Å²) in [6.45, 7) is 3.17. The van der Waals surface area contributed by atoms with Crippen molar-refractivity contribution in [2.45, 2.75) is 20.3 Å². The van der Waals surface area contributed by atoms with Crippen LogP contribution in [0, 0.1) is 17.0 Å². The number of amides is 1. The molecular formula is C11H12N2O4. The van der Waals surface area contributed by atoms with Gasteiger partial charge in [-0.1, -0.05) is 19.1 Å². The Bertz CT molecular complexity index is 482. The Morgan fingerprint density at radius 2 is 2.06 bits per heavy atom. The van der Waals surface area contributed by atoms with Crippen LogP contribution in [0.1, 0.15) is 18.9 Å². The molecule has 0 heterocycles. The maximum absolute atomic E-state index is 11.4. The van der Waals surface area contributed by atoms with Crippen molar-refractivity contribution in [2.75, 3.05) is 5.32 Å². The van der Waals surface area contributed by atoms with Crippen LogP contribution in [-0.2, 0) is 9.59 Å². The molecule has 0 saturated carbocycles. The van der Waals surface area contributed by atoms with E-state index in [4.69, 9.17) is 0 Å². The number of nitrogens with zero attached hydrogens (tertiary/aromatic N) is 1. The van der Waals surface area contributed by atoms with E-state index in [0.717, 1.165) is 0 Å². The summed E-state index contributed by atoms with van der Waals surface area (Å²) in [5.41, 5.74) is 0.392. The summed E-state index contributed by atoms with van der Waals surface area (Å²) in [6.07, 6.45) is 0.0610. The zero-order valence-electron chi connectivity index (χ0n) is 9.52. The molecule has 0 aromatic heterocycles. The summed E-state index contributed by atoms with van der Waals surface area (Å²) < 4.78 is 0. The highest BCUT2D eigenvalue weighted by molar-refractivity contribution is 6.40. The minimum absolute atomic E-state index is 0.0610. The van der Waals surface area contributed by atoms with Crippen LogP contribution in [-0.4, -0.2) is 16.6 Å². The Hall–Kier alpha value is -2.24. The van der Waals surface area contributed by atoms with Gasteiger partial charge in [0.1, 0.15) is 5.69 Å². The first-order valence-corrected chi connectivity index (χ1v) is 5.05. The molecule has 1 aromatic carbocycles. The van der Waals surface area contributed by atoms with Crippen LogP contribution in [0.25, 0.3) is 0 Å². The number of hydrogen-bond donors (Lipinski definition) is 1. The molecule has 1 N–H and O–H groups in total. The van der Waals surface area contributed by atoms with Gasteiger partial charge in [-0.15, -0.1) is 0 Å². The molecule has 0 bridgehead atoms. The van der Waals surface area contributed by atoms with Crippen LogP contribution in [0.4, 0.5) is 11.4 Å². The van der Waals surface area contributed by atoms with Crippen molar-refractivity contribution >= 4 is 23.1 Å². The number of Topliss-reactive ketones (excluding diaryl/α,β-unsaturated/α-hetero) is 1. The summed E-state index contributed by atoms with van der Waals surface area (Å²) in [4.78, 5) is 32.7. The number of aryl methyl sites for hydroxylation is 1. The zero-order chi connectivity index (χ0) is 13.0. The van der Waals surface area contributed by atoms with Crippen LogP contribution < -0.4 is 5.32 Å². The van der Waals surface area contributed by atoms with Crippen LogP contribution in [0.15, 0.2) is 18.2 Å². The molecule has 6 heteroatoms. The molecular weight excluding hydrogens is 224 g/mol. The Morgan fingerprint density at radius 1 is 1.41 bits per heavy atom. The average molecular weight is 236 g/mol. The van der Waals surface area contributed by atoms with Crippen molar-refractivity contribution in [3.8, 4) is 0 Å². The molecule has 17 heavy (non-hydrogen) atoms. The fourth-order valence-corrected chi connectivity index (χ4v) is 1.31. The van der Waals surface area contributed by atoms with E-state index in [1.807, 2.05) is 0 Å². The second-order valence-corrected chi connectivity index (χ2v) is 3.46. The lowest BCUT2D eigenvalue weighted by molar-refractivity contribution is -0.384. The quantitative estimate of drug-likeness (QED) is 0.490. The van der Waals surface area contributed by atoms with Crippen LogP contribution >= 0.6 is 0 Å². The summed E-state index contributed by atoms with van der Waals surface area (Å²) in [5.74, 6) is -1.44. The van der Waals surface area contributed by atoms with Crippen molar-refractivity contribution in [1.82, 2.24) is 0 Å². The Balaban J connectivity index is 3.09. The second kappa shape index (κ2) is 5.20. The van der Waals surface area contributed by atoms with Gasteiger partial charge in [-0.3, -0.25) is 19.7 Å². The molecule has 6 nitrogen and oxygen atoms in total. The van der Waals surface area contributed by atoms with E-state index in [9.17, 15) is 19.7 Å². The lowest BCUT2D eigenvalue weighted by Gasteiger charge is -2.07. The van der Waals surface area contributed by atoms with E-state index < -0.39 is 16.6 Å². The van der Waals surface area contributed by atoms with Crippen molar-refractivity contribution < 1.29 is 14.5 Å². The Labute approximate surface area is 97.8 Å². The molecule has 0 aliphatic rings. The number of anilines is 1. The molecule has 0 atom stereocenters. The van der Waals surface area contributed by atoms with E-state index in [2.05, 4.69) is 5.32 Å². The number of carbonyl (C=O) groups excluding carboxylic acids is 2. The molecule has 0 fully saturated rings. The Kier molecular flexibility index (Phi) is 3.92. The first-order valence-electron chi connectivity index (χ1n) is 5.05. The second-order valence-electron chi connectivity index (χ2n) is 3.46. The highest BCUT2D eigenvalue weighted by Crippen LogP contribution is 2.27. The number of nitro groups is 1.